The summed E-state index contributed by atoms with van der Waals surface area (Å²) in [6.07, 6.45) is 5.59. The Labute approximate surface area is 106 Å². The molecular weight excluding hydrogens is 228 g/mol. The van der Waals surface area contributed by atoms with Gasteiger partial charge in [-0.3, -0.25) is 0 Å². The zero-order chi connectivity index (χ0) is 12.2. The Hall–Kier alpha value is -1.88. The summed E-state index contributed by atoms with van der Waals surface area (Å²) in [4.78, 5) is 8.47. The molecule has 1 atom stereocenters. The van der Waals surface area contributed by atoms with Crippen LogP contribution in [0.4, 0.5) is 5.82 Å². The van der Waals surface area contributed by atoms with Crippen LogP contribution in [0.5, 0.6) is 0 Å². The molecule has 2 N–H and O–H groups in total. The predicted molar refractivity (Wildman–Crippen MR) is 69.2 cm³/mol. The van der Waals surface area contributed by atoms with Crippen molar-refractivity contribution in [3.63, 3.8) is 0 Å². The number of furan rings is 1. The minimum atomic E-state index is 0.443. The van der Waals surface area contributed by atoms with Gasteiger partial charge in [-0.05, 0) is 31.5 Å². The van der Waals surface area contributed by atoms with E-state index in [1.807, 2.05) is 18.2 Å². The lowest BCUT2D eigenvalue weighted by Gasteiger charge is -2.24. The summed E-state index contributed by atoms with van der Waals surface area (Å²) in [5.74, 6) is 1.62. The second-order valence-electron chi connectivity index (χ2n) is 4.45. The third-order valence-corrected chi connectivity index (χ3v) is 3.09. The van der Waals surface area contributed by atoms with Crippen molar-refractivity contribution < 1.29 is 4.42 Å². The van der Waals surface area contributed by atoms with Crippen molar-refractivity contribution in [3.05, 3.63) is 30.8 Å². The highest BCUT2D eigenvalue weighted by atomic mass is 16.3. The number of piperidine rings is 1. The van der Waals surface area contributed by atoms with E-state index in [4.69, 9.17) is 4.42 Å². The first-order chi connectivity index (χ1) is 8.92. The van der Waals surface area contributed by atoms with Gasteiger partial charge in [0.1, 0.15) is 17.8 Å². The maximum Gasteiger partial charge on any atom is 0.152 e. The van der Waals surface area contributed by atoms with Crippen LogP contribution in [0, 0.1) is 0 Å². The Morgan fingerprint density at radius 1 is 1.39 bits per heavy atom. The van der Waals surface area contributed by atoms with E-state index >= 15 is 0 Å². The molecule has 1 aliphatic heterocycles. The second kappa shape index (κ2) is 5.18. The predicted octanol–water partition coefficient (Wildman–Crippen LogP) is 1.90. The molecule has 0 saturated carbocycles. The summed E-state index contributed by atoms with van der Waals surface area (Å²) in [5, 5.41) is 6.80. The van der Waals surface area contributed by atoms with Gasteiger partial charge in [0.2, 0.25) is 0 Å². The Kier molecular flexibility index (Phi) is 3.23. The van der Waals surface area contributed by atoms with Crippen LogP contribution in [-0.4, -0.2) is 29.1 Å². The number of rotatable bonds is 3. The summed E-state index contributed by atoms with van der Waals surface area (Å²) in [6.45, 7) is 2.10. The van der Waals surface area contributed by atoms with Crippen LogP contribution >= 0.6 is 0 Å². The molecule has 2 aromatic heterocycles. The van der Waals surface area contributed by atoms with Gasteiger partial charge in [-0.15, -0.1) is 0 Å². The fourth-order valence-electron chi connectivity index (χ4n) is 2.18. The Balaban J connectivity index is 1.74. The van der Waals surface area contributed by atoms with Crippen molar-refractivity contribution in [1.29, 1.82) is 0 Å². The first-order valence-electron chi connectivity index (χ1n) is 6.25. The molecule has 1 unspecified atom stereocenters. The zero-order valence-corrected chi connectivity index (χ0v) is 10.1. The number of nitrogens with zero attached hydrogens (tertiary/aromatic N) is 2. The molecular formula is C13H16N4O. The summed E-state index contributed by atoms with van der Waals surface area (Å²) in [7, 11) is 0. The molecule has 1 fully saturated rings. The van der Waals surface area contributed by atoms with E-state index in [1.54, 1.807) is 12.6 Å². The van der Waals surface area contributed by atoms with Crippen LogP contribution < -0.4 is 10.6 Å². The van der Waals surface area contributed by atoms with Gasteiger partial charge in [0.25, 0.3) is 0 Å². The summed E-state index contributed by atoms with van der Waals surface area (Å²) < 4.78 is 5.33. The topological polar surface area (TPSA) is 63.0 Å². The number of aromatic nitrogens is 2. The summed E-state index contributed by atoms with van der Waals surface area (Å²) in [6, 6.07) is 6.12. The van der Waals surface area contributed by atoms with Gasteiger partial charge in [-0.1, -0.05) is 0 Å². The van der Waals surface area contributed by atoms with Gasteiger partial charge < -0.3 is 15.1 Å². The standard InChI is InChI=1S/C13H16N4O/c1-3-10(8-14-5-1)17-13-7-11(15-9-16-13)12-4-2-6-18-12/h2,4,6-7,9-10,14H,1,3,5,8H2,(H,15,16,17). The molecule has 0 amide bonds. The minimum Gasteiger partial charge on any atom is -0.463 e. The van der Waals surface area contributed by atoms with E-state index in [0.717, 1.165) is 30.4 Å². The molecule has 1 saturated heterocycles. The lowest BCUT2D eigenvalue weighted by atomic mass is 10.1. The van der Waals surface area contributed by atoms with Crippen molar-refractivity contribution in [1.82, 2.24) is 15.3 Å². The lowest BCUT2D eigenvalue weighted by molar-refractivity contribution is 0.479. The molecule has 3 rings (SSSR count). The monoisotopic (exact) mass is 244 g/mol. The van der Waals surface area contributed by atoms with Crippen LogP contribution in [0.25, 0.3) is 11.5 Å². The molecule has 2 aromatic rings. The smallest absolute Gasteiger partial charge is 0.152 e. The normalized spacial score (nSPS) is 19.7. The third-order valence-electron chi connectivity index (χ3n) is 3.09. The molecule has 5 heteroatoms. The number of nitrogens with one attached hydrogen (secondary N) is 2. The van der Waals surface area contributed by atoms with Gasteiger partial charge >= 0.3 is 0 Å². The van der Waals surface area contributed by atoms with Crippen molar-refractivity contribution in [3.8, 4) is 11.5 Å². The number of anilines is 1. The third kappa shape index (κ3) is 2.51. The van der Waals surface area contributed by atoms with E-state index in [1.165, 1.54) is 12.8 Å². The molecule has 0 bridgehead atoms. The summed E-state index contributed by atoms with van der Waals surface area (Å²) in [5.41, 5.74) is 0.807. The molecule has 18 heavy (non-hydrogen) atoms. The first kappa shape index (κ1) is 11.2. The number of hydrogen-bond donors (Lipinski definition) is 2. The quantitative estimate of drug-likeness (QED) is 0.863. The van der Waals surface area contributed by atoms with Crippen LogP contribution in [0.3, 0.4) is 0 Å². The Bertz CT molecular complexity index is 491. The highest BCUT2D eigenvalue weighted by Gasteiger charge is 2.13. The molecule has 1 aliphatic rings. The number of hydrogen-bond acceptors (Lipinski definition) is 5. The lowest BCUT2D eigenvalue weighted by Crippen LogP contribution is -2.38. The van der Waals surface area contributed by atoms with Crippen molar-refractivity contribution in [2.75, 3.05) is 18.4 Å². The van der Waals surface area contributed by atoms with Crippen LogP contribution in [-0.2, 0) is 0 Å². The Morgan fingerprint density at radius 2 is 2.39 bits per heavy atom. The van der Waals surface area contributed by atoms with E-state index in [0.29, 0.717) is 6.04 Å². The SMILES string of the molecule is c1coc(-c2cc(NC3CCCNC3)ncn2)c1. The van der Waals surface area contributed by atoms with Crippen LogP contribution in [0.1, 0.15) is 12.8 Å². The molecule has 0 aliphatic carbocycles. The van der Waals surface area contributed by atoms with Crippen LogP contribution in [0.15, 0.2) is 35.2 Å². The molecule has 0 spiro atoms. The molecule has 5 nitrogen and oxygen atoms in total. The van der Waals surface area contributed by atoms with Crippen molar-refractivity contribution in [2.24, 2.45) is 0 Å². The molecule has 0 radical (unpaired) electrons. The van der Waals surface area contributed by atoms with E-state index in [9.17, 15) is 0 Å². The van der Waals surface area contributed by atoms with Gasteiger partial charge in [0, 0.05) is 18.7 Å². The highest BCUT2D eigenvalue weighted by molar-refractivity contribution is 5.56. The van der Waals surface area contributed by atoms with E-state index in [-0.39, 0.29) is 0 Å². The van der Waals surface area contributed by atoms with Crippen molar-refractivity contribution >= 4 is 5.82 Å². The average Bonchev–Trinajstić information content (AvgIpc) is 2.94. The fraction of sp³-hybridized carbons (Fsp3) is 0.385. The maximum absolute atomic E-state index is 5.33. The van der Waals surface area contributed by atoms with Crippen LogP contribution in [0.2, 0.25) is 0 Å². The van der Waals surface area contributed by atoms with Gasteiger partial charge in [0.05, 0.1) is 6.26 Å². The largest absolute Gasteiger partial charge is 0.463 e. The minimum absolute atomic E-state index is 0.443. The zero-order valence-electron chi connectivity index (χ0n) is 10.1. The summed E-state index contributed by atoms with van der Waals surface area (Å²) >= 11 is 0. The van der Waals surface area contributed by atoms with E-state index < -0.39 is 0 Å². The Morgan fingerprint density at radius 3 is 3.17 bits per heavy atom. The van der Waals surface area contributed by atoms with Gasteiger partial charge in [-0.2, -0.15) is 0 Å². The molecule has 0 aromatic carbocycles. The van der Waals surface area contributed by atoms with Crippen molar-refractivity contribution in [2.45, 2.75) is 18.9 Å². The van der Waals surface area contributed by atoms with E-state index in [2.05, 4.69) is 20.6 Å². The highest BCUT2D eigenvalue weighted by Crippen LogP contribution is 2.19. The maximum atomic E-state index is 5.33. The average molecular weight is 244 g/mol. The van der Waals surface area contributed by atoms with Gasteiger partial charge in [-0.25, -0.2) is 9.97 Å². The fourth-order valence-corrected chi connectivity index (χ4v) is 2.18. The molecule has 3 heterocycles. The van der Waals surface area contributed by atoms with Gasteiger partial charge in [0.15, 0.2) is 5.76 Å². The first-order valence-corrected chi connectivity index (χ1v) is 6.25. The molecule has 94 valence electrons. The second-order valence-corrected chi connectivity index (χ2v) is 4.45.